The molecule has 1 unspecified atom stereocenters. The van der Waals surface area contributed by atoms with Crippen LogP contribution in [-0.4, -0.2) is 37.2 Å². The van der Waals surface area contributed by atoms with Crippen LogP contribution in [0.4, 0.5) is 0 Å². The Morgan fingerprint density at radius 3 is 0.617 bits per heavy atom. The molecule has 0 aliphatic heterocycles. The number of unbranched alkanes of at least 4 members (excludes halogenated alkanes) is 57. The van der Waals surface area contributed by atoms with E-state index in [2.05, 4.69) is 32.9 Å². The molecule has 0 N–H and O–H groups in total. The number of esters is 3. The van der Waals surface area contributed by atoms with Crippen LogP contribution in [-0.2, 0) is 28.6 Å². The van der Waals surface area contributed by atoms with Crippen LogP contribution in [0.25, 0.3) is 0 Å². The SMILES string of the molecule is CCCCCCCCCC/C=C\CCCCCCCCCCCCCCCC(=O)OC(COC(=O)CCCCCCCCC)COC(=O)CCCCCCCCCCCCCCCCCCCCCCCCCCCCCCCCC. The van der Waals surface area contributed by atoms with Crippen molar-refractivity contribution in [1.82, 2.24) is 0 Å². The Bertz CT molecular complexity index is 1260. The zero-order chi connectivity index (χ0) is 58.5. The molecule has 1 atom stereocenters. The lowest BCUT2D eigenvalue weighted by Gasteiger charge is -2.18. The van der Waals surface area contributed by atoms with Gasteiger partial charge in [0.25, 0.3) is 0 Å². The van der Waals surface area contributed by atoms with Gasteiger partial charge in [-0.1, -0.05) is 380 Å². The van der Waals surface area contributed by atoms with E-state index in [1.807, 2.05) is 0 Å². The van der Waals surface area contributed by atoms with Gasteiger partial charge in [-0.05, 0) is 44.9 Å². The van der Waals surface area contributed by atoms with E-state index in [-0.39, 0.29) is 31.1 Å². The van der Waals surface area contributed by atoms with Crippen LogP contribution in [0.3, 0.4) is 0 Å². The molecule has 0 heterocycles. The Labute approximate surface area is 507 Å². The third-order valence-electron chi connectivity index (χ3n) is 17.3. The van der Waals surface area contributed by atoms with Gasteiger partial charge in [0.15, 0.2) is 6.10 Å². The number of hydrogen-bond donors (Lipinski definition) is 0. The maximum Gasteiger partial charge on any atom is 0.306 e. The van der Waals surface area contributed by atoms with Crippen molar-refractivity contribution in [2.45, 2.75) is 438 Å². The number of carbonyl (C=O) groups is 3. The lowest BCUT2D eigenvalue weighted by atomic mass is 10.0. The first kappa shape index (κ1) is 79.2. The predicted octanol–water partition coefficient (Wildman–Crippen LogP) is 25.6. The first-order valence-corrected chi connectivity index (χ1v) is 37.2. The number of allylic oxidation sites excluding steroid dienone is 2. The summed E-state index contributed by atoms with van der Waals surface area (Å²) >= 11 is 0. The van der Waals surface area contributed by atoms with Crippen molar-refractivity contribution in [2.24, 2.45) is 0 Å². The fourth-order valence-electron chi connectivity index (χ4n) is 11.7. The highest BCUT2D eigenvalue weighted by Crippen LogP contribution is 2.20. The minimum atomic E-state index is -0.765. The molecule has 6 heteroatoms. The molecule has 0 aliphatic carbocycles. The summed E-state index contributed by atoms with van der Waals surface area (Å²) in [6, 6.07) is 0. The Hall–Kier alpha value is -1.85. The van der Waals surface area contributed by atoms with Crippen molar-refractivity contribution in [3.8, 4) is 0 Å². The van der Waals surface area contributed by atoms with E-state index in [4.69, 9.17) is 14.2 Å². The Balaban J connectivity index is 3.96. The molecule has 81 heavy (non-hydrogen) atoms. The number of hydrogen-bond acceptors (Lipinski definition) is 6. The van der Waals surface area contributed by atoms with Gasteiger partial charge in [0.05, 0.1) is 0 Å². The lowest BCUT2D eigenvalue weighted by Crippen LogP contribution is -2.30. The molecule has 480 valence electrons. The molecular formula is C75H144O6. The summed E-state index contributed by atoms with van der Waals surface area (Å²) in [5.41, 5.74) is 0. The molecule has 0 fully saturated rings. The van der Waals surface area contributed by atoms with E-state index in [0.29, 0.717) is 19.3 Å². The van der Waals surface area contributed by atoms with E-state index < -0.39 is 6.10 Å². The average molecular weight is 1140 g/mol. The highest BCUT2D eigenvalue weighted by atomic mass is 16.6. The molecule has 0 spiro atoms. The Morgan fingerprint density at radius 2 is 0.407 bits per heavy atom. The van der Waals surface area contributed by atoms with Crippen molar-refractivity contribution < 1.29 is 28.6 Å². The van der Waals surface area contributed by atoms with Gasteiger partial charge in [-0.3, -0.25) is 14.4 Å². The number of carbonyl (C=O) groups excluding carboxylic acids is 3. The molecule has 0 rings (SSSR count). The van der Waals surface area contributed by atoms with Gasteiger partial charge >= 0.3 is 17.9 Å². The molecule has 0 aliphatic rings. The van der Waals surface area contributed by atoms with Crippen LogP contribution in [0.2, 0.25) is 0 Å². The van der Waals surface area contributed by atoms with Crippen LogP contribution in [0.1, 0.15) is 432 Å². The van der Waals surface area contributed by atoms with Crippen molar-refractivity contribution >= 4 is 17.9 Å². The molecular weight excluding hydrogens is 997 g/mol. The van der Waals surface area contributed by atoms with E-state index >= 15 is 0 Å². The van der Waals surface area contributed by atoms with Gasteiger partial charge in [-0.15, -0.1) is 0 Å². The van der Waals surface area contributed by atoms with Crippen LogP contribution in [0.5, 0.6) is 0 Å². The molecule has 0 saturated heterocycles. The van der Waals surface area contributed by atoms with E-state index in [9.17, 15) is 14.4 Å². The van der Waals surface area contributed by atoms with Crippen LogP contribution < -0.4 is 0 Å². The predicted molar refractivity (Wildman–Crippen MR) is 353 cm³/mol. The minimum absolute atomic E-state index is 0.0635. The van der Waals surface area contributed by atoms with Crippen molar-refractivity contribution in [3.05, 3.63) is 12.2 Å². The van der Waals surface area contributed by atoms with Gasteiger partial charge in [0.1, 0.15) is 13.2 Å². The minimum Gasteiger partial charge on any atom is -0.462 e. The highest BCUT2D eigenvalue weighted by Gasteiger charge is 2.20. The van der Waals surface area contributed by atoms with Crippen molar-refractivity contribution in [2.75, 3.05) is 13.2 Å². The molecule has 0 bridgehead atoms. The van der Waals surface area contributed by atoms with Gasteiger partial charge in [-0.25, -0.2) is 0 Å². The second-order valence-corrected chi connectivity index (χ2v) is 25.6. The van der Waals surface area contributed by atoms with Crippen LogP contribution in [0, 0.1) is 0 Å². The normalized spacial score (nSPS) is 12.0. The average Bonchev–Trinajstić information content (AvgIpc) is 3.46. The smallest absolute Gasteiger partial charge is 0.306 e. The first-order valence-electron chi connectivity index (χ1n) is 37.2. The second kappa shape index (κ2) is 70.6. The van der Waals surface area contributed by atoms with E-state index in [0.717, 1.165) is 57.8 Å². The Morgan fingerprint density at radius 1 is 0.235 bits per heavy atom. The summed E-state index contributed by atoms with van der Waals surface area (Å²) in [4.78, 5) is 38.2. The van der Waals surface area contributed by atoms with Gasteiger partial charge in [-0.2, -0.15) is 0 Å². The van der Waals surface area contributed by atoms with Crippen molar-refractivity contribution in [3.63, 3.8) is 0 Å². The van der Waals surface area contributed by atoms with E-state index in [1.165, 1.54) is 334 Å². The van der Waals surface area contributed by atoms with Gasteiger partial charge in [0, 0.05) is 19.3 Å². The maximum absolute atomic E-state index is 12.9. The summed E-state index contributed by atoms with van der Waals surface area (Å²) in [6.45, 7) is 6.69. The summed E-state index contributed by atoms with van der Waals surface area (Å²) in [7, 11) is 0. The van der Waals surface area contributed by atoms with E-state index in [1.54, 1.807) is 0 Å². The summed E-state index contributed by atoms with van der Waals surface area (Å²) < 4.78 is 16.9. The third kappa shape index (κ3) is 68.8. The Kier molecular flexibility index (Phi) is 69.0. The molecule has 6 nitrogen and oxygen atoms in total. The van der Waals surface area contributed by atoms with Crippen LogP contribution >= 0.6 is 0 Å². The second-order valence-electron chi connectivity index (χ2n) is 25.6. The summed E-state index contributed by atoms with van der Waals surface area (Å²) in [5.74, 6) is -0.838. The fraction of sp³-hybridized carbons (Fsp3) is 0.933. The quantitative estimate of drug-likeness (QED) is 0.0261. The zero-order valence-electron chi connectivity index (χ0n) is 55.4. The van der Waals surface area contributed by atoms with Gasteiger partial charge < -0.3 is 14.2 Å². The fourth-order valence-corrected chi connectivity index (χ4v) is 11.7. The first-order chi connectivity index (χ1) is 40.0. The number of ether oxygens (including phenoxy) is 3. The monoisotopic (exact) mass is 1140 g/mol. The maximum atomic E-state index is 12.9. The molecule has 0 radical (unpaired) electrons. The number of rotatable bonds is 70. The molecule has 0 aromatic rings. The van der Waals surface area contributed by atoms with Crippen molar-refractivity contribution in [1.29, 1.82) is 0 Å². The van der Waals surface area contributed by atoms with Gasteiger partial charge in [0.2, 0.25) is 0 Å². The standard InChI is InChI=1S/C75H144O6/c1-4-7-10-13-16-18-20-22-24-26-28-30-32-34-35-36-37-38-39-41-42-44-46-48-50-52-54-56-59-62-65-68-74(77)80-71-72(70-79-73(76)67-64-61-58-15-12-9-6-3)81-75(78)69-66-63-60-57-55-53-51-49-47-45-43-40-33-31-29-27-25-23-21-19-17-14-11-8-5-2/h27,29,72H,4-26,28,30-71H2,1-3H3/b29-27-. The topological polar surface area (TPSA) is 78.9 Å². The lowest BCUT2D eigenvalue weighted by molar-refractivity contribution is -0.167. The molecule has 0 saturated carbocycles. The molecule has 0 aromatic carbocycles. The molecule has 0 aromatic heterocycles. The molecule has 0 amide bonds. The van der Waals surface area contributed by atoms with Crippen LogP contribution in [0.15, 0.2) is 12.2 Å². The summed E-state index contributed by atoms with van der Waals surface area (Å²) in [5, 5.41) is 0. The third-order valence-corrected chi connectivity index (χ3v) is 17.3. The largest absolute Gasteiger partial charge is 0.462 e. The summed E-state index contributed by atoms with van der Waals surface area (Å²) in [6.07, 6.45) is 85.9. The highest BCUT2D eigenvalue weighted by molar-refractivity contribution is 5.71. The zero-order valence-corrected chi connectivity index (χ0v) is 55.4.